The lowest BCUT2D eigenvalue weighted by Gasteiger charge is -2.38. The Morgan fingerprint density at radius 2 is 0.615 bits per heavy atom. The molecule has 0 aromatic rings. The van der Waals surface area contributed by atoms with Gasteiger partial charge < -0.3 is 0 Å². The summed E-state index contributed by atoms with van der Waals surface area (Å²) in [6.45, 7) is 0. The number of hydrogen-bond acceptors (Lipinski definition) is 0. The van der Waals surface area contributed by atoms with Gasteiger partial charge in [0.1, 0.15) is -1.69 Å². The molecule has 0 aromatic carbocycles. The standard InChI is InChI=1S/C4HI9/c5-2(6,7)1(3(8,9)10)4(11,12)13/h1H. The van der Waals surface area contributed by atoms with Crippen LogP contribution < -0.4 is 0 Å². The monoisotopic (exact) mass is 1190 g/mol. The summed E-state index contributed by atoms with van der Waals surface area (Å²) in [4.78, 5) is 0. The van der Waals surface area contributed by atoms with Gasteiger partial charge in [-0.3, -0.25) is 0 Å². The fourth-order valence-electron chi connectivity index (χ4n) is 0.557. The SMILES string of the molecule is IC(I)(I)C(C(I)(I)I)C(I)(I)I. The molecule has 0 rings (SSSR count). The molecule has 9 heteroatoms. The summed E-state index contributed by atoms with van der Waals surface area (Å²) in [5.74, 6) is 0.609. The average Bonchev–Trinajstić information content (AvgIpc) is 1.44. The third-order valence-electron chi connectivity index (χ3n) is 0.982. The van der Waals surface area contributed by atoms with Crippen LogP contribution in [0.15, 0.2) is 0 Å². The Morgan fingerprint density at radius 1 is 0.462 bits per heavy atom. The van der Waals surface area contributed by atoms with E-state index < -0.39 is 0 Å². The Kier molecular flexibility index (Phi) is 11.4. The van der Waals surface area contributed by atoms with Crippen molar-refractivity contribution < 1.29 is 0 Å². The molecular formula is C4HI9. The zero-order valence-corrected chi connectivity index (χ0v) is 24.9. The lowest BCUT2D eigenvalue weighted by atomic mass is 10.3. The van der Waals surface area contributed by atoms with Gasteiger partial charge in [0.05, 0.1) is 5.92 Å². The van der Waals surface area contributed by atoms with E-state index in [1.54, 1.807) is 0 Å². The highest BCUT2D eigenvalue weighted by atomic mass is 127. The van der Waals surface area contributed by atoms with E-state index in [9.17, 15) is 0 Å². The van der Waals surface area contributed by atoms with E-state index in [0.29, 0.717) is 5.92 Å². The van der Waals surface area contributed by atoms with E-state index in [1.807, 2.05) is 0 Å². The van der Waals surface area contributed by atoms with Gasteiger partial charge in [0.15, 0.2) is 0 Å². The third kappa shape index (κ3) is 8.45. The second kappa shape index (κ2) is 7.54. The van der Waals surface area contributed by atoms with Gasteiger partial charge in [0.2, 0.25) is 0 Å². The molecule has 0 aliphatic rings. The summed E-state index contributed by atoms with van der Waals surface area (Å²) in [6, 6.07) is 0. The second-order valence-corrected chi connectivity index (χ2v) is 35.9. The quantitative estimate of drug-likeness (QED) is 0.204. The molecule has 0 N–H and O–H groups in total. The van der Waals surface area contributed by atoms with Crippen LogP contribution in [0.3, 0.4) is 0 Å². The van der Waals surface area contributed by atoms with Crippen LogP contribution in [0, 0.1) is 5.92 Å². The summed E-state index contributed by atoms with van der Waals surface area (Å²) in [5.41, 5.74) is 0. The minimum atomic E-state index is 0.250. The molecule has 0 heterocycles. The summed E-state index contributed by atoms with van der Waals surface area (Å²) in [7, 11) is 0. The van der Waals surface area contributed by atoms with Gasteiger partial charge in [-0.2, -0.15) is 0 Å². The highest BCUT2D eigenvalue weighted by Gasteiger charge is 2.52. The zero-order valence-electron chi connectivity index (χ0n) is 5.48. The highest BCUT2D eigenvalue weighted by molar-refractivity contribution is 14.3. The summed E-state index contributed by atoms with van der Waals surface area (Å²) < 4.78 is 0.751. The van der Waals surface area contributed by atoms with Gasteiger partial charge in [-0.05, 0) is 0 Å². The van der Waals surface area contributed by atoms with Crippen molar-refractivity contribution in [2.24, 2.45) is 5.92 Å². The van der Waals surface area contributed by atoms with Crippen molar-refractivity contribution in [3.8, 4) is 0 Å². The molecule has 0 amide bonds. The molecule has 0 aliphatic heterocycles. The van der Waals surface area contributed by atoms with Gasteiger partial charge in [-0.15, -0.1) is 0 Å². The summed E-state index contributed by atoms with van der Waals surface area (Å²) in [6.07, 6.45) is 0. The largest absolute Gasteiger partial charge is 0.132 e. The molecule has 0 bridgehead atoms. The van der Waals surface area contributed by atoms with Crippen molar-refractivity contribution in [3.63, 3.8) is 0 Å². The second-order valence-electron chi connectivity index (χ2n) is 2.06. The predicted molar refractivity (Wildman–Crippen MR) is 138 cm³/mol. The molecule has 0 nitrogen and oxygen atoms in total. The number of hydrogen-bond donors (Lipinski definition) is 0. The van der Waals surface area contributed by atoms with E-state index in [1.165, 1.54) is 0 Å². The van der Waals surface area contributed by atoms with E-state index in [0.717, 1.165) is 0 Å². The average molecular weight is 1190 g/mol. The third-order valence-corrected chi connectivity index (χ3v) is 6.59. The van der Waals surface area contributed by atoms with Crippen molar-refractivity contribution in [1.29, 1.82) is 0 Å². The van der Waals surface area contributed by atoms with E-state index in [4.69, 9.17) is 0 Å². The van der Waals surface area contributed by atoms with Gasteiger partial charge in [0, 0.05) is 0 Å². The van der Waals surface area contributed by atoms with E-state index >= 15 is 0 Å². The normalized spacial score (nSPS) is 15.2. The van der Waals surface area contributed by atoms with E-state index in [-0.39, 0.29) is -1.69 Å². The van der Waals surface area contributed by atoms with Crippen LogP contribution in [-0.2, 0) is 0 Å². The van der Waals surface area contributed by atoms with Crippen molar-refractivity contribution in [3.05, 3.63) is 0 Å². The number of rotatable bonds is 3. The van der Waals surface area contributed by atoms with Crippen LogP contribution in [0.5, 0.6) is 0 Å². The summed E-state index contributed by atoms with van der Waals surface area (Å²) >= 11 is 22.8. The zero-order chi connectivity index (χ0) is 11.1. The molecule has 0 aliphatic carbocycles. The maximum atomic E-state index is 2.53. The van der Waals surface area contributed by atoms with Crippen LogP contribution in [0.4, 0.5) is 0 Å². The van der Waals surface area contributed by atoms with Crippen molar-refractivity contribution >= 4 is 203 Å². The minimum Gasteiger partial charge on any atom is -0.0549 e. The van der Waals surface area contributed by atoms with Gasteiger partial charge in [0.25, 0.3) is 0 Å². The van der Waals surface area contributed by atoms with Crippen molar-refractivity contribution in [2.75, 3.05) is 0 Å². The molecule has 0 unspecified atom stereocenters. The minimum absolute atomic E-state index is 0.250. The first-order valence-corrected chi connectivity index (χ1v) is 12.3. The topological polar surface area (TPSA) is 0 Å². The van der Waals surface area contributed by atoms with Crippen LogP contribution in [0.25, 0.3) is 0 Å². The van der Waals surface area contributed by atoms with Gasteiger partial charge >= 0.3 is 0 Å². The smallest absolute Gasteiger partial charge is 0.0549 e. The Hall–Kier alpha value is 6.57. The highest BCUT2D eigenvalue weighted by Crippen LogP contribution is 2.65. The lowest BCUT2D eigenvalue weighted by Crippen LogP contribution is -2.38. The van der Waals surface area contributed by atoms with Crippen LogP contribution in [0.1, 0.15) is 0 Å². The molecule has 0 saturated heterocycles. The Bertz CT molecular complexity index is 134. The molecular weight excluding hydrogens is 1190 g/mol. The molecule has 0 fully saturated rings. The Balaban J connectivity index is 5.02. The van der Waals surface area contributed by atoms with Crippen molar-refractivity contribution in [1.82, 2.24) is 0 Å². The molecule has 80 valence electrons. The lowest BCUT2D eigenvalue weighted by molar-refractivity contribution is 0.738. The van der Waals surface area contributed by atoms with Crippen LogP contribution >= 0.6 is 203 Å². The molecule has 0 aromatic heterocycles. The Labute approximate surface area is 201 Å². The molecule has 0 atom stereocenters. The summed E-state index contributed by atoms with van der Waals surface area (Å²) in [5, 5.41) is 0. The predicted octanol–water partition coefficient (Wildman–Crippen LogP) is 7.48. The fraction of sp³-hybridized carbons (Fsp3) is 1.00. The van der Waals surface area contributed by atoms with Gasteiger partial charge in [-0.1, -0.05) is 203 Å². The first kappa shape index (κ1) is 19.6. The van der Waals surface area contributed by atoms with E-state index in [2.05, 4.69) is 203 Å². The van der Waals surface area contributed by atoms with Crippen LogP contribution in [-0.4, -0.2) is -1.69 Å². The maximum absolute atomic E-state index is 2.53. The molecule has 0 saturated carbocycles. The molecule has 0 radical (unpaired) electrons. The fourth-order valence-corrected chi connectivity index (χ4v) is 25.1. The molecule has 13 heavy (non-hydrogen) atoms. The number of halogens is 9. The van der Waals surface area contributed by atoms with Crippen molar-refractivity contribution in [2.45, 2.75) is -1.69 Å². The maximum Gasteiger partial charge on any atom is 0.132 e. The van der Waals surface area contributed by atoms with Gasteiger partial charge in [-0.25, -0.2) is 0 Å². The molecule has 0 spiro atoms. The Morgan fingerprint density at radius 3 is 0.615 bits per heavy atom. The first-order chi connectivity index (χ1) is 5.37. The van der Waals surface area contributed by atoms with Crippen LogP contribution in [0.2, 0.25) is 0 Å². The first-order valence-electron chi connectivity index (χ1n) is 2.57. The number of alkyl halides is 9.